The van der Waals surface area contributed by atoms with Gasteiger partial charge in [0.25, 0.3) is 0 Å². The summed E-state index contributed by atoms with van der Waals surface area (Å²) in [6.07, 6.45) is -0.181. The van der Waals surface area contributed by atoms with E-state index in [1.165, 1.54) is 24.3 Å². The third kappa shape index (κ3) is 2.90. The lowest BCUT2D eigenvalue weighted by Gasteiger charge is -1.98. The second kappa shape index (κ2) is 4.41. The molecule has 0 saturated heterocycles. The second-order valence-electron chi connectivity index (χ2n) is 2.86. The van der Waals surface area contributed by atoms with E-state index in [0.29, 0.717) is 5.56 Å². The van der Waals surface area contributed by atoms with Gasteiger partial charge in [0, 0.05) is 12.0 Å². The summed E-state index contributed by atoms with van der Waals surface area (Å²) in [7, 11) is 0. The van der Waals surface area contributed by atoms with Gasteiger partial charge in [-0.15, -0.1) is 0 Å². The number of aliphatic carboxylic acids is 1. The van der Waals surface area contributed by atoms with Crippen molar-refractivity contribution in [3.8, 4) is 5.75 Å². The van der Waals surface area contributed by atoms with Crippen molar-refractivity contribution >= 4 is 11.8 Å². The van der Waals surface area contributed by atoms with E-state index in [4.69, 9.17) is 10.2 Å². The molecule has 0 atom stereocenters. The smallest absolute Gasteiger partial charge is 0.303 e. The topological polar surface area (TPSA) is 74.6 Å². The third-order valence-electron chi connectivity index (χ3n) is 1.76. The van der Waals surface area contributed by atoms with E-state index in [2.05, 4.69) is 0 Å². The van der Waals surface area contributed by atoms with Crippen LogP contribution in [-0.2, 0) is 4.79 Å². The highest BCUT2D eigenvalue weighted by atomic mass is 16.4. The number of phenols is 1. The summed E-state index contributed by atoms with van der Waals surface area (Å²) in [5.41, 5.74) is 0.420. The highest BCUT2D eigenvalue weighted by Gasteiger charge is 2.07. The summed E-state index contributed by atoms with van der Waals surface area (Å²) >= 11 is 0. The van der Waals surface area contributed by atoms with Crippen molar-refractivity contribution in [2.45, 2.75) is 12.8 Å². The van der Waals surface area contributed by atoms with E-state index in [9.17, 15) is 9.59 Å². The first-order valence-electron chi connectivity index (χ1n) is 4.13. The Morgan fingerprint density at radius 2 is 1.64 bits per heavy atom. The highest BCUT2D eigenvalue weighted by molar-refractivity contribution is 5.97. The van der Waals surface area contributed by atoms with Crippen LogP contribution in [0.3, 0.4) is 0 Å². The van der Waals surface area contributed by atoms with Gasteiger partial charge in [-0.2, -0.15) is 0 Å². The number of rotatable bonds is 4. The van der Waals surface area contributed by atoms with Crippen LogP contribution < -0.4 is 0 Å². The molecule has 0 bridgehead atoms. The molecule has 0 unspecified atom stereocenters. The number of carbonyl (C=O) groups excluding carboxylic acids is 1. The first-order chi connectivity index (χ1) is 6.59. The van der Waals surface area contributed by atoms with Gasteiger partial charge < -0.3 is 10.2 Å². The first-order valence-corrected chi connectivity index (χ1v) is 4.13. The Morgan fingerprint density at radius 1 is 1.07 bits per heavy atom. The molecule has 1 rings (SSSR count). The average molecular weight is 194 g/mol. The number of ketones is 1. The molecule has 1 aromatic carbocycles. The molecular weight excluding hydrogens is 184 g/mol. The number of carboxylic acid groups (broad SMARTS) is 1. The van der Waals surface area contributed by atoms with E-state index in [-0.39, 0.29) is 24.4 Å². The SMILES string of the molecule is O=C(O)CCC(=O)c1ccc(O)cc1. The standard InChI is InChI=1S/C10H10O4/c11-8-3-1-7(2-4-8)9(12)5-6-10(13)14/h1-4,11H,5-6H2,(H,13,14). The number of aromatic hydroxyl groups is 1. The molecule has 1 aromatic rings. The van der Waals surface area contributed by atoms with Crippen LogP contribution in [0.15, 0.2) is 24.3 Å². The van der Waals surface area contributed by atoms with Crippen LogP contribution >= 0.6 is 0 Å². The number of carboxylic acids is 1. The molecule has 0 aliphatic heterocycles. The summed E-state index contributed by atoms with van der Waals surface area (Å²) in [5, 5.41) is 17.3. The quantitative estimate of drug-likeness (QED) is 0.711. The summed E-state index contributed by atoms with van der Waals surface area (Å²) in [4.78, 5) is 21.5. The molecule has 0 fully saturated rings. The van der Waals surface area contributed by atoms with Crippen LogP contribution in [0.4, 0.5) is 0 Å². The molecule has 4 heteroatoms. The number of carbonyl (C=O) groups is 2. The number of Topliss-reactive ketones (excluding diaryl/α,β-unsaturated/α-hetero) is 1. The van der Waals surface area contributed by atoms with Gasteiger partial charge in [-0.05, 0) is 24.3 Å². The molecule has 0 heterocycles. The summed E-state index contributed by atoms with van der Waals surface area (Å²) in [6.45, 7) is 0. The summed E-state index contributed by atoms with van der Waals surface area (Å²) in [6, 6.07) is 5.74. The van der Waals surface area contributed by atoms with Crippen molar-refractivity contribution in [3.05, 3.63) is 29.8 Å². The monoisotopic (exact) mass is 194 g/mol. The Hall–Kier alpha value is -1.84. The molecule has 0 aliphatic rings. The van der Waals surface area contributed by atoms with Gasteiger partial charge in [-0.3, -0.25) is 9.59 Å². The fourth-order valence-electron chi connectivity index (χ4n) is 1.01. The maximum absolute atomic E-state index is 11.3. The molecule has 74 valence electrons. The largest absolute Gasteiger partial charge is 0.508 e. The van der Waals surface area contributed by atoms with Crippen LogP contribution in [0.2, 0.25) is 0 Å². The lowest BCUT2D eigenvalue weighted by molar-refractivity contribution is -0.136. The minimum Gasteiger partial charge on any atom is -0.508 e. The van der Waals surface area contributed by atoms with Gasteiger partial charge in [-0.25, -0.2) is 0 Å². The van der Waals surface area contributed by atoms with Crippen molar-refractivity contribution in [2.75, 3.05) is 0 Å². The molecule has 0 amide bonds. The zero-order valence-corrected chi connectivity index (χ0v) is 7.43. The zero-order valence-electron chi connectivity index (χ0n) is 7.43. The van der Waals surface area contributed by atoms with Gasteiger partial charge in [-0.1, -0.05) is 0 Å². The van der Waals surface area contributed by atoms with Gasteiger partial charge in [0.1, 0.15) is 5.75 Å². The maximum atomic E-state index is 11.3. The van der Waals surface area contributed by atoms with Gasteiger partial charge in [0.2, 0.25) is 0 Å². The van der Waals surface area contributed by atoms with Crippen LogP contribution in [0.25, 0.3) is 0 Å². The first kappa shape index (κ1) is 10.2. The molecule has 14 heavy (non-hydrogen) atoms. The van der Waals surface area contributed by atoms with Gasteiger partial charge in [0.15, 0.2) is 5.78 Å². The zero-order chi connectivity index (χ0) is 10.6. The Balaban J connectivity index is 2.61. The number of benzene rings is 1. The van der Waals surface area contributed by atoms with Crippen molar-refractivity contribution in [1.29, 1.82) is 0 Å². The van der Waals surface area contributed by atoms with E-state index < -0.39 is 5.97 Å². The molecule has 0 radical (unpaired) electrons. The van der Waals surface area contributed by atoms with Crippen LogP contribution in [0.5, 0.6) is 5.75 Å². The summed E-state index contributed by atoms with van der Waals surface area (Å²) < 4.78 is 0. The Labute approximate surface area is 80.8 Å². The fraction of sp³-hybridized carbons (Fsp3) is 0.200. The molecule has 0 aromatic heterocycles. The van der Waals surface area contributed by atoms with Crippen molar-refractivity contribution in [1.82, 2.24) is 0 Å². The molecule has 2 N–H and O–H groups in total. The second-order valence-corrected chi connectivity index (χ2v) is 2.86. The molecule has 0 spiro atoms. The predicted octanol–water partition coefficient (Wildman–Crippen LogP) is 1.44. The maximum Gasteiger partial charge on any atom is 0.303 e. The highest BCUT2D eigenvalue weighted by Crippen LogP contribution is 2.11. The van der Waals surface area contributed by atoms with Crippen molar-refractivity contribution < 1.29 is 19.8 Å². The van der Waals surface area contributed by atoms with E-state index in [1.54, 1.807) is 0 Å². The minimum absolute atomic E-state index is 0.0138. The van der Waals surface area contributed by atoms with Crippen molar-refractivity contribution in [3.63, 3.8) is 0 Å². The van der Waals surface area contributed by atoms with E-state index in [0.717, 1.165) is 0 Å². The van der Waals surface area contributed by atoms with E-state index >= 15 is 0 Å². The fourth-order valence-corrected chi connectivity index (χ4v) is 1.01. The number of phenolic OH excluding ortho intramolecular Hbond substituents is 1. The molecular formula is C10H10O4. The summed E-state index contributed by atoms with van der Waals surface area (Å²) in [5.74, 6) is -1.13. The molecule has 0 saturated carbocycles. The van der Waals surface area contributed by atoms with Crippen LogP contribution in [0.1, 0.15) is 23.2 Å². The van der Waals surface area contributed by atoms with Gasteiger partial charge >= 0.3 is 5.97 Å². The number of hydrogen-bond donors (Lipinski definition) is 2. The lowest BCUT2D eigenvalue weighted by Crippen LogP contribution is -2.03. The Morgan fingerprint density at radius 3 is 2.14 bits per heavy atom. The minimum atomic E-state index is -0.989. The Bertz CT molecular complexity index is 340. The Kier molecular flexibility index (Phi) is 3.23. The van der Waals surface area contributed by atoms with Crippen LogP contribution in [0, 0.1) is 0 Å². The predicted molar refractivity (Wildman–Crippen MR) is 49.3 cm³/mol. The number of hydrogen-bond acceptors (Lipinski definition) is 3. The van der Waals surface area contributed by atoms with E-state index in [1.807, 2.05) is 0 Å². The normalized spacial score (nSPS) is 9.71. The van der Waals surface area contributed by atoms with Crippen LogP contribution in [-0.4, -0.2) is 22.0 Å². The third-order valence-corrected chi connectivity index (χ3v) is 1.76. The van der Waals surface area contributed by atoms with Gasteiger partial charge in [0.05, 0.1) is 6.42 Å². The average Bonchev–Trinajstić information content (AvgIpc) is 2.15. The molecule has 4 nitrogen and oxygen atoms in total. The molecule has 0 aliphatic carbocycles. The van der Waals surface area contributed by atoms with Crippen molar-refractivity contribution in [2.24, 2.45) is 0 Å². The lowest BCUT2D eigenvalue weighted by atomic mass is 10.1.